The van der Waals surface area contributed by atoms with Gasteiger partial charge in [-0.15, -0.1) is 0 Å². The van der Waals surface area contributed by atoms with E-state index in [0.717, 1.165) is 12.1 Å². The maximum atomic E-state index is 14.8. The monoisotopic (exact) mass is 618 g/mol. The molecule has 0 spiro atoms. The number of carbonyl (C=O) groups is 1. The van der Waals surface area contributed by atoms with E-state index in [1.807, 2.05) is 0 Å². The molecular formula is C28H26F3N4O7P. The molecule has 3 heterocycles. The molecule has 1 amide bonds. The molecule has 0 N–H and O–H groups in total. The highest BCUT2D eigenvalue weighted by atomic mass is 31.2. The number of rotatable bonds is 12. The Balaban J connectivity index is 1.14. The van der Waals surface area contributed by atoms with Crippen molar-refractivity contribution < 1.29 is 41.5 Å². The van der Waals surface area contributed by atoms with Crippen LogP contribution in [0, 0.1) is 21.7 Å². The van der Waals surface area contributed by atoms with Gasteiger partial charge in [0.2, 0.25) is 5.75 Å². The number of nitrogens with zero attached hydrogens (tertiary/aromatic N) is 4. The van der Waals surface area contributed by atoms with Gasteiger partial charge in [-0.25, -0.2) is 22.5 Å². The van der Waals surface area contributed by atoms with E-state index in [0.29, 0.717) is 31.7 Å². The fraction of sp³-hybridized carbons (Fsp3) is 0.321. The summed E-state index contributed by atoms with van der Waals surface area (Å²) in [4.78, 5) is 24.8. The van der Waals surface area contributed by atoms with Gasteiger partial charge < -0.3 is 18.9 Å². The van der Waals surface area contributed by atoms with Crippen molar-refractivity contribution in [3.8, 4) is 17.2 Å². The fourth-order valence-corrected chi connectivity index (χ4v) is 6.75. The molecule has 0 unspecified atom stereocenters. The molecule has 3 aliphatic heterocycles. The van der Waals surface area contributed by atoms with Crippen LogP contribution in [0.1, 0.15) is 21.5 Å². The third kappa shape index (κ3) is 6.37. The van der Waals surface area contributed by atoms with Gasteiger partial charge in [0.15, 0.2) is 17.4 Å². The number of likely N-dealkylation sites (tertiary alicyclic amines) is 1. The molecule has 0 bridgehead atoms. The second-order valence-electron chi connectivity index (χ2n) is 10.3. The number of hydrogen-bond acceptors (Lipinski definition) is 7. The molecule has 0 radical (unpaired) electrons. The molecule has 3 aromatic rings. The fourth-order valence-electron chi connectivity index (χ4n) is 4.56. The zero-order valence-corrected chi connectivity index (χ0v) is 23.6. The Labute approximate surface area is 244 Å². The van der Waals surface area contributed by atoms with E-state index >= 15 is 0 Å². The smallest absolute Gasteiger partial charge is 0.346 e. The SMILES string of the molecule is O=C(c1cccc(Oc2cc(COc3c(F)cc(COP(=O)(N4CC4)N4CC4)cc3F)ccc2[N+](=O)[O-])c1)N1CC(F)C1. The van der Waals surface area contributed by atoms with Gasteiger partial charge in [0.25, 0.3) is 5.91 Å². The molecule has 3 aromatic carbocycles. The van der Waals surface area contributed by atoms with Crippen LogP contribution >= 0.6 is 7.67 Å². The van der Waals surface area contributed by atoms with Crippen LogP contribution < -0.4 is 9.47 Å². The number of nitro benzene ring substituents is 1. The maximum Gasteiger partial charge on any atom is 0.346 e. The Bertz CT molecular complexity index is 1590. The van der Waals surface area contributed by atoms with Gasteiger partial charge in [0.1, 0.15) is 18.5 Å². The Kier molecular flexibility index (Phi) is 7.86. The van der Waals surface area contributed by atoms with Gasteiger partial charge in [0, 0.05) is 37.8 Å². The van der Waals surface area contributed by atoms with Crippen LogP contribution in [0.2, 0.25) is 0 Å². The number of ether oxygens (including phenoxy) is 2. The second kappa shape index (κ2) is 11.6. The van der Waals surface area contributed by atoms with Crippen molar-refractivity contribution in [2.45, 2.75) is 19.4 Å². The van der Waals surface area contributed by atoms with Crippen molar-refractivity contribution in [2.75, 3.05) is 39.3 Å². The lowest BCUT2D eigenvalue weighted by Crippen LogP contribution is -2.51. The van der Waals surface area contributed by atoms with Crippen LogP contribution in [0.15, 0.2) is 54.6 Å². The van der Waals surface area contributed by atoms with Crippen molar-refractivity contribution in [3.63, 3.8) is 0 Å². The standard InChI is InChI=1S/C28H26F3N4O7P/c29-21-14-32(15-21)28(36)20-2-1-3-22(13-20)42-26-12-18(4-5-25(26)35(37)38)16-40-27-23(30)10-19(11-24(27)31)17-41-43(39,33-6-7-33)34-8-9-34/h1-5,10-13,21H,6-9,14-17H2. The summed E-state index contributed by atoms with van der Waals surface area (Å²) in [5, 5.41) is 11.6. The Morgan fingerprint density at radius 2 is 1.63 bits per heavy atom. The summed E-state index contributed by atoms with van der Waals surface area (Å²) in [6, 6.07) is 11.8. The summed E-state index contributed by atoms with van der Waals surface area (Å²) in [5.41, 5.74) is 0.305. The number of amides is 1. The highest BCUT2D eigenvalue weighted by Gasteiger charge is 2.49. The quantitative estimate of drug-likeness (QED) is 0.116. The first-order valence-electron chi connectivity index (χ1n) is 13.5. The lowest BCUT2D eigenvalue weighted by atomic mass is 10.1. The lowest BCUT2D eigenvalue weighted by molar-refractivity contribution is -0.385. The van der Waals surface area contributed by atoms with E-state index in [2.05, 4.69) is 0 Å². The second-order valence-corrected chi connectivity index (χ2v) is 12.7. The predicted octanol–water partition coefficient (Wildman–Crippen LogP) is 5.29. The van der Waals surface area contributed by atoms with Crippen molar-refractivity contribution in [1.82, 2.24) is 14.2 Å². The molecule has 226 valence electrons. The summed E-state index contributed by atoms with van der Waals surface area (Å²) in [6.07, 6.45) is -1.06. The van der Waals surface area contributed by atoms with Gasteiger partial charge in [-0.2, -0.15) is 0 Å². The third-order valence-corrected chi connectivity index (χ3v) is 9.75. The zero-order chi connectivity index (χ0) is 30.3. The van der Waals surface area contributed by atoms with Gasteiger partial charge in [-0.1, -0.05) is 6.07 Å². The summed E-state index contributed by atoms with van der Waals surface area (Å²) in [6.45, 7) is 1.97. The molecular weight excluding hydrogens is 592 g/mol. The zero-order valence-electron chi connectivity index (χ0n) is 22.7. The molecule has 0 atom stereocenters. The molecule has 43 heavy (non-hydrogen) atoms. The minimum atomic E-state index is -3.16. The van der Waals surface area contributed by atoms with E-state index in [1.165, 1.54) is 47.4 Å². The van der Waals surface area contributed by atoms with Crippen LogP contribution in [0.4, 0.5) is 18.9 Å². The van der Waals surface area contributed by atoms with Crippen molar-refractivity contribution >= 4 is 19.3 Å². The van der Waals surface area contributed by atoms with Gasteiger partial charge in [-0.05, 0) is 53.6 Å². The molecule has 15 heteroatoms. The lowest BCUT2D eigenvalue weighted by Gasteiger charge is -2.34. The van der Waals surface area contributed by atoms with Gasteiger partial charge in [-0.3, -0.25) is 19.5 Å². The summed E-state index contributed by atoms with van der Waals surface area (Å²) >= 11 is 0. The average molecular weight is 619 g/mol. The van der Waals surface area contributed by atoms with E-state index in [4.69, 9.17) is 14.0 Å². The average Bonchev–Trinajstić information content (AvgIpc) is 3.86. The highest BCUT2D eigenvalue weighted by molar-refractivity contribution is 7.54. The normalized spacial score (nSPS) is 17.0. The molecule has 3 saturated heterocycles. The van der Waals surface area contributed by atoms with E-state index in [9.17, 15) is 32.6 Å². The van der Waals surface area contributed by atoms with Gasteiger partial charge in [0.05, 0.1) is 24.6 Å². The molecule has 3 fully saturated rings. The first-order valence-corrected chi connectivity index (χ1v) is 15.0. The van der Waals surface area contributed by atoms with Crippen LogP contribution in [0.5, 0.6) is 17.2 Å². The Hall–Kier alpha value is -3.97. The number of halogens is 3. The van der Waals surface area contributed by atoms with E-state index in [-0.39, 0.29) is 54.6 Å². The van der Waals surface area contributed by atoms with E-state index in [1.54, 1.807) is 9.34 Å². The first-order chi connectivity index (χ1) is 20.6. The Morgan fingerprint density at radius 1 is 0.953 bits per heavy atom. The van der Waals surface area contributed by atoms with Crippen LogP contribution in [-0.4, -0.2) is 70.5 Å². The molecule has 3 aliphatic rings. The van der Waals surface area contributed by atoms with E-state index < -0.39 is 42.1 Å². The number of alkyl halides is 1. The number of nitro groups is 1. The van der Waals surface area contributed by atoms with Crippen molar-refractivity contribution in [2.24, 2.45) is 0 Å². The number of carbonyl (C=O) groups excluding carboxylic acids is 1. The van der Waals surface area contributed by atoms with Crippen molar-refractivity contribution in [1.29, 1.82) is 0 Å². The molecule has 0 aliphatic carbocycles. The van der Waals surface area contributed by atoms with Crippen LogP contribution in [-0.2, 0) is 22.3 Å². The number of benzene rings is 3. The molecule has 0 aromatic heterocycles. The van der Waals surface area contributed by atoms with Crippen LogP contribution in [0.3, 0.4) is 0 Å². The minimum absolute atomic E-state index is 0.00527. The van der Waals surface area contributed by atoms with Crippen LogP contribution in [0.25, 0.3) is 0 Å². The maximum absolute atomic E-state index is 14.8. The summed E-state index contributed by atoms with van der Waals surface area (Å²) in [5.74, 6) is -3.09. The first kappa shape index (κ1) is 29.1. The van der Waals surface area contributed by atoms with Crippen molar-refractivity contribution in [3.05, 3.63) is 93.0 Å². The molecule has 11 nitrogen and oxygen atoms in total. The third-order valence-electron chi connectivity index (χ3n) is 7.06. The summed E-state index contributed by atoms with van der Waals surface area (Å²) in [7, 11) is -3.16. The number of hydrogen-bond donors (Lipinski definition) is 0. The highest BCUT2D eigenvalue weighted by Crippen LogP contribution is 2.61. The minimum Gasteiger partial charge on any atom is -0.483 e. The largest absolute Gasteiger partial charge is 0.483 e. The molecule has 0 saturated carbocycles. The predicted molar refractivity (Wildman–Crippen MR) is 147 cm³/mol. The molecule has 6 rings (SSSR count). The topological polar surface area (TPSA) is 114 Å². The van der Waals surface area contributed by atoms with Gasteiger partial charge >= 0.3 is 13.4 Å². The Morgan fingerprint density at radius 3 is 2.23 bits per heavy atom. The summed E-state index contributed by atoms with van der Waals surface area (Å²) < 4.78 is 76.0.